The van der Waals surface area contributed by atoms with Crippen molar-refractivity contribution in [2.24, 2.45) is 0 Å². The fraction of sp³-hybridized carbons (Fsp3) is 0.286. The van der Waals surface area contributed by atoms with Gasteiger partial charge in [0.15, 0.2) is 0 Å². The highest BCUT2D eigenvalue weighted by Crippen LogP contribution is 2.16. The highest BCUT2D eigenvalue weighted by molar-refractivity contribution is 7.20. The van der Waals surface area contributed by atoms with Crippen molar-refractivity contribution in [2.75, 3.05) is 12.4 Å². The van der Waals surface area contributed by atoms with Gasteiger partial charge in [0.05, 0.1) is 0 Å². The predicted molar refractivity (Wildman–Crippen MR) is 51.4 cm³/mol. The first-order valence-corrected chi connectivity index (χ1v) is 4.57. The van der Waals surface area contributed by atoms with E-state index in [1.807, 2.05) is 6.92 Å². The molecule has 0 spiro atoms. The van der Waals surface area contributed by atoms with Crippen LogP contribution in [0.25, 0.3) is 4.96 Å². The fourth-order valence-electron chi connectivity index (χ4n) is 1.05. The minimum atomic E-state index is -0.219. The van der Waals surface area contributed by atoms with Gasteiger partial charge >= 0.3 is 0 Å². The summed E-state index contributed by atoms with van der Waals surface area (Å²) in [6.45, 7) is 1.83. The Hall–Kier alpha value is -1.43. The summed E-state index contributed by atoms with van der Waals surface area (Å²) in [7, 11) is 1.78. The number of nitrogens with zero attached hydrogens (tertiary/aromatic N) is 3. The minimum Gasteiger partial charge on any atom is -0.363 e. The van der Waals surface area contributed by atoms with Crippen LogP contribution >= 0.6 is 11.3 Å². The van der Waals surface area contributed by atoms with E-state index in [1.54, 1.807) is 11.6 Å². The quantitative estimate of drug-likeness (QED) is 0.721. The van der Waals surface area contributed by atoms with Gasteiger partial charge in [0, 0.05) is 18.8 Å². The molecule has 0 aliphatic heterocycles. The summed E-state index contributed by atoms with van der Waals surface area (Å²) in [6.07, 6.45) is 0. The molecule has 0 aromatic carbocycles. The molecule has 0 saturated carbocycles. The molecule has 0 aliphatic carbocycles. The molecule has 2 aromatic heterocycles. The zero-order valence-electron chi connectivity index (χ0n) is 7.24. The second-order valence-corrected chi connectivity index (χ2v) is 3.54. The van der Waals surface area contributed by atoms with Gasteiger partial charge in [-0.15, -0.1) is 5.10 Å². The topological polar surface area (TPSA) is 59.3 Å². The summed E-state index contributed by atoms with van der Waals surface area (Å²) >= 11 is 1.36. The van der Waals surface area contributed by atoms with Gasteiger partial charge in [-0.3, -0.25) is 4.79 Å². The molecule has 6 heteroatoms. The Morgan fingerprint density at radius 2 is 2.38 bits per heavy atom. The third kappa shape index (κ3) is 1.29. The van der Waals surface area contributed by atoms with Crippen LogP contribution in [0.3, 0.4) is 0 Å². The number of aryl methyl sites for hydroxylation is 1. The van der Waals surface area contributed by atoms with Gasteiger partial charge in [0.1, 0.15) is 0 Å². The normalized spacial score (nSPS) is 10.6. The smallest absolute Gasteiger partial charge is 0.274 e. The van der Waals surface area contributed by atoms with E-state index in [0.717, 1.165) is 10.8 Å². The molecule has 0 saturated heterocycles. The lowest BCUT2D eigenvalue weighted by molar-refractivity contribution is 0.889. The van der Waals surface area contributed by atoms with Gasteiger partial charge in [0.2, 0.25) is 10.1 Å². The zero-order chi connectivity index (χ0) is 9.42. The van der Waals surface area contributed by atoms with E-state index in [-0.39, 0.29) is 5.56 Å². The molecular formula is C7H8N4OS. The van der Waals surface area contributed by atoms with Crippen LogP contribution in [0.1, 0.15) is 5.69 Å². The lowest BCUT2D eigenvalue weighted by Crippen LogP contribution is -2.08. The van der Waals surface area contributed by atoms with Crippen LogP contribution < -0.4 is 10.9 Å². The molecule has 5 nitrogen and oxygen atoms in total. The van der Waals surface area contributed by atoms with Crippen molar-refractivity contribution in [1.29, 1.82) is 0 Å². The van der Waals surface area contributed by atoms with Crippen LogP contribution in [0.2, 0.25) is 0 Å². The molecule has 0 radical (unpaired) electrons. The molecule has 68 valence electrons. The maximum atomic E-state index is 11.0. The fourth-order valence-corrected chi connectivity index (χ4v) is 1.86. The van der Waals surface area contributed by atoms with Gasteiger partial charge in [-0.2, -0.15) is 4.98 Å². The lowest BCUT2D eigenvalue weighted by Gasteiger charge is -1.93. The number of fused-ring (bicyclic) bond motifs is 1. The highest BCUT2D eigenvalue weighted by Gasteiger charge is 2.04. The summed E-state index contributed by atoms with van der Waals surface area (Å²) in [6, 6.07) is 1.46. The van der Waals surface area contributed by atoms with Crippen LogP contribution in [0.15, 0.2) is 10.9 Å². The van der Waals surface area contributed by atoms with Crippen molar-refractivity contribution in [2.45, 2.75) is 6.92 Å². The molecule has 0 bridgehead atoms. The van der Waals surface area contributed by atoms with E-state index in [0.29, 0.717) is 4.96 Å². The average Bonchev–Trinajstić information content (AvgIpc) is 2.47. The summed E-state index contributed by atoms with van der Waals surface area (Å²) in [5.41, 5.74) is 0.580. The maximum absolute atomic E-state index is 11.0. The van der Waals surface area contributed by atoms with E-state index in [2.05, 4.69) is 15.4 Å². The summed E-state index contributed by atoms with van der Waals surface area (Å²) < 4.78 is 1.65. The molecule has 0 atom stereocenters. The molecule has 1 N–H and O–H groups in total. The molecule has 0 unspecified atom stereocenters. The maximum Gasteiger partial charge on any atom is 0.274 e. The number of anilines is 1. The van der Waals surface area contributed by atoms with Crippen LogP contribution in [-0.2, 0) is 0 Å². The Kier molecular flexibility index (Phi) is 1.77. The van der Waals surface area contributed by atoms with Crippen molar-refractivity contribution in [3.63, 3.8) is 0 Å². The second kappa shape index (κ2) is 2.81. The van der Waals surface area contributed by atoms with Crippen molar-refractivity contribution in [3.8, 4) is 0 Å². The first-order valence-electron chi connectivity index (χ1n) is 3.76. The molecule has 0 fully saturated rings. The number of aromatic nitrogens is 3. The Balaban J connectivity index is 2.83. The first kappa shape index (κ1) is 8.18. The Bertz CT molecular complexity index is 501. The van der Waals surface area contributed by atoms with Crippen molar-refractivity contribution < 1.29 is 0 Å². The van der Waals surface area contributed by atoms with E-state index < -0.39 is 0 Å². The molecule has 0 amide bonds. The van der Waals surface area contributed by atoms with Crippen LogP contribution in [0.5, 0.6) is 0 Å². The van der Waals surface area contributed by atoms with Crippen LogP contribution in [-0.4, -0.2) is 21.6 Å². The molecule has 2 aromatic rings. The van der Waals surface area contributed by atoms with E-state index >= 15 is 0 Å². The van der Waals surface area contributed by atoms with Crippen molar-refractivity contribution in [3.05, 3.63) is 22.1 Å². The summed E-state index contributed by atoms with van der Waals surface area (Å²) in [4.78, 5) is 15.5. The molecule has 2 rings (SSSR count). The third-order valence-electron chi connectivity index (χ3n) is 1.65. The summed E-state index contributed by atoms with van der Waals surface area (Å²) in [5.74, 6) is 0. The standard InChI is InChI=1S/C7H8N4OS/c1-4-3-5(12)9-7-11(4)10-6(8-2)13-7/h3H,1-2H3,(H,8,10). The van der Waals surface area contributed by atoms with E-state index in [9.17, 15) is 4.79 Å². The molecule has 2 heterocycles. The van der Waals surface area contributed by atoms with Crippen LogP contribution in [0, 0.1) is 6.92 Å². The number of hydrogen-bond acceptors (Lipinski definition) is 5. The largest absolute Gasteiger partial charge is 0.363 e. The van der Waals surface area contributed by atoms with Gasteiger partial charge in [-0.25, -0.2) is 4.52 Å². The average molecular weight is 196 g/mol. The second-order valence-electron chi connectivity index (χ2n) is 2.59. The molecular weight excluding hydrogens is 188 g/mol. The lowest BCUT2D eigenvalue weighted by atomic mass is 10.5. The SMILES string of the molecule is CNc1nn2c(C)cc(=O)nc2s1. The number of hydrogen-bond donors (Lipinski definition) is 1. The van der Waals surface area contributed by atoms with Gasteiger partial charge < -0.3 is 5.32 Å². The van der Waals surface area contributed by atoms with Crippen LogP contribution in [0.4, 0.5) is 5.13 Å². The van der Waals surface area contributed by atoms with Crippen molar-refractivity contribution >= 4 is 21.4 Å². The van der Waals surface area contributed by atoms with Gasteiger partial charge in [0.25, 0.3) is 5.56 Å². The molecule has 0 aliphatic rings. The minimum absolute atomic E-state index is 0.219. The van der Waals surface area contributed by atoms with Gasteiger partial charge in [-0.05, 0) is 6.92 Å². The summed E-state index contributed by atoms with van der Waals surface area (Å²) in [5, 5.41) is 7.85. The zero-order valence-corrected chi connectivity index (χ0v) is 8.05. The van der Waals surface area contributed by atoms with Gasteiger partial charge in [-0.1, -0.05) is 11.3 Å². The van der Waals surface area contributed by atoms with E-state index in [1.165, 1.54) is 17.4 Å². The van der Waals surface area contributed by atoms with Crippen molar-refractivity contribution in [1.82, 2.24) is 14.6 Å². The molecule has 13 heavy (non-hydrogen) atoms. The Labute approximate surface area is 78.0 Å². The first-order chi connectivity index (χ1) is 6.20. The Morgan fingerprint density at radius 1 is 1.62 bits per heavy atom. The van der Waals surface area contributed by atoms with E-state index in [4.69, 9.17) is 0 Å². The number of nitrogens with one attached hydrogen (secondary N) is 1. The third-order valence-corrected chi connectivity index (χ3v) is 2.57. The monoisotopic (exact) mass is 196 g/mol. The Morgan fingerprint density at radius 3 is 3.08 bits per heavy atom. The number of rotatable bonds is 1. The predicted octanol–water partition coefficient (Wildman–Crippen LogP) is 0.501. The highest BCUT2D eigenvalue weighted by atomic mass is 32.1.